The first-order chi connectivity index (χ1) is 12.2. The molecule has 1 N–H and O–H groups in total. The summed E-state index contributed by atoms with van der Waals surface area (Å²) in [5.74, 6) is -0.674. The molecule has 0 radical (unpaired) electrons. The number of nitrogens with zero attached hydrogens (tertiary/aromatic N) is 1. The predicted molar refractivity (Wildman–Crippen MR) is 102 cm³/mol. The van der Waals surface area contributed by atoms with Crippen LogP contribution in [0.5, 0.6) is 0 Å². The Labute approximate surface area is 157 Å². The number of hydrogen-bond donors (Lipinski definition) is 1. The standard InChI is InChI=1S/C18H19ClN2O4S/c1-13(22)14-7-5-8-16(10-14)21(26(2,24)25)12-18(23)20-11-15-6-3-4-9-17(15)19/h3-10H,11-12H2,1-2H3,(H,20,23). The Kier molecular flexibility index (Phi) is 6.39. The summed E-state index contributed by atoms with van der Waals surface area (Å²) in [6.07, 6.45) is 1.01. The van der Waals surface area contributed by atoms with E-state index in [0.717, 1.165) is 16.1 Å². The first kappa shape index (κ1) is 19.9. The van der Waals surface area contributed by atoms with E-state index in [9.17, 15) is 18.0 Å². The molecule has 138 valence electrons. The van der Waals surface area contributed by atoms with Gasteiger partial charge in [0.05, 0.1) is 11.9 Å². The molecule has 0 aromatic heterocycles. The number of hydrogen-bond acceptors (Lipinski definition) is 4. The molecule has 0 spiro atoms. The minimum atomic E-state index is -3.71. The number of ketones is 1. The van der Waals surface area contributed by atoms with E-state index in [1.165, 1.54) is 19.1 Å². The Morgan fingerprint density at radius 1 is 1.12 bits per heavy atom. The van der Waals surface area contributed by atoms with Crippen molar-refractivity contribution in [1.29, 1.82) is 0 Å². The zero-order valence-corrected chi connectivity index (χ0v) is 16.0. The topological polar surface area (TPSA) is 83.6 Å². The maximum Gasteiger partial charge on any atom is 0.241 e. The zero-order valence-electron chi connectivity index (χ0n) is 14.4. The molecule has 1 amide bonds. The van der Waals surface area contributed by atoms with Crippen molar-refractivity contribution in [3.05, 3.63) is 64.7 Å². The van der Waals surface area contributed by atoms with Crippen molar-refractivity contribution in [2.24, 2.45) is 0 Å². The average Bonchev–Trinajstić information content (AvgIpc) is 2.58. The number of anilines is 1. The third kappa shape index (κ3) is 5.31. The molecule has 0 aliphatic heterocycles. The molecule has 6 nitrogen and oxygen atoms in total. The predicted octanol–water partition coefficient (Wildman–Crippen LogP) is 2.63. The van der Waals surface area contributed by atoms with Crippen LogP contribution >= 0.6 is 11.6 Å². The third-order valence-corrected chi connectivity index (χ3v) is 5.17. The normalized spacial score (nSPS) is 11.0. The van der Waals surface area contributed by atoms with Crippen molar-refractivity contribution in [3.63, 3.8) is 0 Å². The number of benzene rings is 2. The van der Waals surface area contributed by atoms with Crippen molar-refractivity contribution in [3.8, 4) is 0 Å². The lowest BCUT2D eigenvalue weighted by Crippen LogP contribution is -2.40. The van der Waals surface area contributed by atoms with Crippen LogP contribution in [-0.2, 0) is 21.4 Å². The number of rotatable bonds is 7. The molecule has 2 rings (SSSR count). The summed E-state index contributed by atoms with van der Waals surface area (Å²) >= 11 is 6.04. The second kappa shape index (κ2) is 8.33. The Balaban J connectivity index is 2.16. The molecule has 0 heterocycles. The number of carbonyl (C=O) groups is 2. The smallest absolute Gasteiger partial charge is 0.241 e. The molecule has 0 aliphatic rings. The first-order valence-electron chi connectivity index (χ1n) is 7.77. The molecule has 26 heavy (non-hydrogen) atoms. The molecule has 0 fully saturated rings. The van der Waals surface area contributed by atoms with Crippen LogP contribution in [0.1, 0.15) is 22.8 Å². The van der Waals surface area contributed by atoms with E-state index >= 15 is 0 Å². The molecule has 0 atom stereocenters. The lowest BCUT2D eigenvalue weighted by Gasteiger charge is -2.22. The minimum absolute atomic E-state index is 0.184. The Bertz CT molecular complexity index is 928. The van der Waals surface area contributed by atoms with Gasteiger partial charge in [-0.3, -0.25) is 13.9 Å². The fourth-order valence-corrected chi connectivity index (χ4v) is 3.35. The second-order valence-corrected chi connectivity index (χ2v) is 8.06. The summed E-state index contributed by atoms with van der Waals surface area (Å²) in [6.45, 7) is 1.18. The molecule has 2 aromatic carbocycles. The van der Waals surface area contributed by atoms with E-state index in [1.54, 1.807) is 36.4 Å². The zero-order chi connectivity index (χ0) is 19.3. The lowest BCUT2D eigenvalue weighted by molar-refractivity contribution is -0.119. The third-order valence-electron chi connectivity index (χ3n) is 3.66. The number of sulfonamides is 1. The van der Waals surface area contributed by atoms with Crippen LogP contribution < -0.4 is 9.62 Å². The van der Waals surface area contributed by atoms with Gasteiger partial charge in [0.1, 0.15) is 6.54 Å². The van der Waals surface area contributed by atoms with Crippen LogP contribution in [0.2, 0.25) is 5.02 Å². The SMILES string of the molecule is CC(=O)c1cccc(N(CC(=O)NCc2ccccc2Cl)S(C)(=O)=O)c1. The average molecular weight is 395 g/mol. The van der Waals surface area contributed by atoms with E-state index in [4.69, 9.17) is 11.6 Å². The largest absolute Gasteiger partial charge is 0.350 e. The van der Waals surface area contributed by atoms with Gasteiger partial charge < -0.3 is 5.32 Å². The number of halogens is 1. The maximum absolute atomic E-state index is 12.2. The van der Waals surface area contributed by atoms with Crippen LogP contribution in [0.4, 0.5) is 5.69 Å². The minimum Gasteiger partial charge on any atom is -0.350 e. The van der Waals surface area contributed by atoms with Gasteiger partial charge in [0.15, 0.2) is 5.78 Å². The quantitative estimate of drug-likeness (QED) is 0.731. The highest BCUT2D eigenvalue weighted by molar-refractivity contribution is 7.92. The summed E-state index contributed by atoms with van der Waals surface area (Å²) in [5, 5.41) is 3.17. The van der Waals surface area contributed by atoms with Gasteiger partial charge in [-0.1, -0.05) is 41.9 Å². The summed E-state index contributed by atoms with van der Waals surface area (Å²) in [4.78, 5) is 23.8. The fourth-order valence-electron chi connectivity index (χ4n) is 2.30. The van der Waals surface area contributed by atoms with Crippen molar-refractivity contribution >= 4 is 39.0 Å². The second-order valence-electron chi connectivity index (χ2n) is 5.74. The Morgan fingerprint density at radius 3 is 2.42 bits per heavy atom. The highest BCUT2D eigenvalue weighted by Gasteiger charge is 2.21. The number of amides is 1. The lowest BCUT2D eigenvalue weighted by atomic mass is 10.1. The summed E-state index contributed by atoms with van der Waals surface area (Å²) in [5.41, 5.74) is 1.35. The van der Waals surface area contributed by atoms with Gasteiger partial charge >= 0.3 is 0 Å². The van der Waals surface area contributed by atoms with Gasteiger partial charge in [0.2, 0.25) is 15.9 Å². The molecule has 0 saturated heterocycles. The Hall–Kier alpha value is -2.38. The van der Waals surface area contributed by atoms with Gasteiger partial charge in [-0.05, 0) is 30.7 Å². The highest BCUT2D eigenvalue weighted by Crippen LogP contribution is 2.19. The van der Waals surface area contributed by atoms with Crippen molar-refractivity contribution in [2.75, 3.05) is 17.1 Å². The van der Waals surface area contributed by atoms with Crippen LogP contribution in [0.15, 0.2) is 48.5 Å². The maximum atomic E-state index is 12.2. The molecule has 0 aliphatic carbocycles. The van der Waals surface area contributed by atoms with Gasteiger partial charge in [0, 0.05) is 17.1 Å². The molecule has 0 saturated carbocycles. The van der Waals surface area contributed by atoms with Crippen LogP contribution in [-0.4, -0.2) is 32.9 Å². The van der Waals surface area contributed by atoms with E-state index in [2.05, 4.69) is 5.32 Å². The molecule has 2 aromatic rings. The van der Waals surface area contributed by atoms with E-state index in [1.807, 2.05) is 0 Å². The highest BCUT2D eigenvalue weighted by atomic mass is 35.5. The van der Waals surface area contributed by atoms with Crippen molar-refractivity contribution in [2.45, 2.75) is 13.5 Å². The molecule has 8 heteroatoms. The fraction of sp³-hybridized carbons (Fsp3) is 0.222. The first-order valence-corrected chi connectivity index (χ1v) is 10.00. The van der Waals surface area contributed by atoms with Gasteiger partial charge in [-0.25, -0.2) is 8.42 Å². The number of nitrogens with one attached hydrogen (secondary N) is 1. The molecule has 0 unspecified atom stereocenters. The monoisotopic (exact) mass is 394 g/mol. The van der Waals surface area contributed by atoms with Gasteiger partial charge in [-0.2, -0.15) is 0 Å². The van der Waals surface area contributed by atoms with Crippen molar-refractivity contribution < 1.29 is 18.0 Å². The van der Waals surface area contributed by atoms with E-state index in [0.29, 0.717) is 10.6 Å². The Morgan fingerprint density at radius 2 is 1.81 bits per heavy atom. The van der Waals surface area contributed by atoms with Crippen LogP contribution in [0.25, 0.3) is 0 Å². The van der Waals surface area contributed by atoms with Crippen LogP contribution in [0.3, 0.4) is 0 Å². The summed E-state index contributed by atoms with van der Waals surface area (Å²) < 4.78 is 25.2. The molecular formula is C18H19ClN2O4S. The number of carbonyl (C=O) groups excluding carboxylic acids is 2. The van der Waals surface area contributed by atoms with Crippen LogP contribution in [0, 0.1) is 0 Å². The van der Waals surface area contributed by atoms with E-state index < -0.39 is 22.5 Å². The van der Waals surface area contributed by atoms with Gasteiger partial charge in [0.25, 0.3) is 0 Å². The van der Waals surface area contributed by atoms with E-state index in [-0.39, 0.29) is 18.0 Å². The summed E-state index contributed by atoms with van der Waals surface area (Å²) in [7, 11) is -3.71. The van der Waals surface area contributed by atoms with Crippen molar-refractivity contribution in [1.82, 2.24) is 5.32 Å². The number of Topliss-reactive ketones (excluding diaryl/α,β-unsaturated/α-hetero) is 1. The molecule has 0 bridgehead atoms. The molecular weight excluding hydrogens is 376 g/mol. The van der Waals surface area contributed by atoms with Gasteiger partial charge in [-0.15, -0.1) is 0 Å². The summed E-state index contributed by atoms with van der Waals surface area (Å²) in [6, 6.07) is 13.2.